The second-order valence-electron chi connectivity index (χ2n) is 8.44. The molecule has 0 radical (unpaired) electrons. The normalized spacial score (nSPS) is 11.1. The summed E-state index contributed by atoms with van der Waals surface area (Å²) in [4.78, 5) is 23.8. The van der Waals surface area contributed by atoms with Crippen LogP contribution in [0.2, 0.25) is 0 Å². The minimum Gasteiger partial charge on any atom is -0.481 e. The molecule has 0 aliphatic rings. The summed E-state index contributed by atoms with van der Waals surface area (Å²) in [6.45, 7) is 2.96. The van der Waals surface area contributed by atoms with Gasteiger partial charge in [0, 0.05) is 24.9 Å². The van der Waals surface area contributed by atoms with Gasteiger partial charge in [-0.05, 0) is 41.2 Å². The first-order valence-corrected chi connectivity index (χ1v) is 11.9. The first-order chi connectivity index (χ1) is 17.1. The number of rotatable bonds is 12. The Balaban J connectivity index is 1.54. The molecule has 0 unspecified atom stereocenters. The minimum atomic E-state index is -0.824. The van der Waals surface area contributed by atoms with Gasteiger partial charge in [-0.3, -0.25) is 9.36 Å². The molecule has 0 fully saturated rings. The average molecular weight is 476 g/mol. The maximum atomic E-state index is 13.1. The van der Waals surface area contributed by atoms with E-state index in [9.17, 15) is 9.59 Å². The number of nitrogens with zero attached hydrogens (tertiary/aromatic N) is 6. The number of carboxylic acids is 1. The largest absolute Gasteiger partial charge is 0.481 e. The average Bonchev–Trinajstić information content (AvgIpc) is 3.50. The standard InChI is InChI=1S/C25H29N7O3/c1-2-3-10-22-28-32(16-7-6-11-23(33)34)25(35)31(22)17-18-12-14-19(15-13-18)20-8-4-5-9-21(20)24-26-29-30-27-24/h4-5,8-9,12-15H,2-3,6-7,10-11,16-17H2,1H3,(H,33,34)(H,26,27,29,30). The van der Waals surface area contributed by atoms with E-state index in [4.69, 9.17) is 5.11 Å². The lowest BCUT2D eigenvalue weighted by Gasteiger charge is -2.09. The van der Waals surface area contributed by atoms with Crippen molar-refractivity contribution < 1.29 is 9.90 Å². The van der Waals surface area contributed by atoms with Crippen molar-refractivity contribution in [3.63, 3.8) is 0 Å². The van der Waals surface area contributed by atoms with Crippen LogP contribution in [0.4, 0.5) is 0 Å². The molecule has 0 bridgehead atoms. The van der Waals surface area contributed by atoms with Crippen LogP contribution < -0.4 is 5.69 Å². The number of hydrogen-bond donors (Lipinski definition) is 2. The predicted molar refractivity (Wildman–Crippen MR) is 131 cm³/mol. The summed E-state index contributed by atoms with van der Waals surface area (Å²) in [7, 11) is 0. The molecule has 0 atom stereocenters. The van der Waals surface area contributed by atoms with Crippen molar-refractivity contribution in [3.05, 3.63) is 70.4 Å². The summed E-state index contributed by atoms with van der Waals surface area (Å²) in [5.41, 5.74) is 3.74. The summed E-state index contributed by atoms with van der Waals surface area (Å²) < 4.78 is 3.21. The molecule has 0 saturated carbocycles. The van der Waals surface area contributed by atoms with Gasteiger partial charge in [0.2, 0.25) is 5.82 Å². The summed E-state index contributed by atoms with van der Waals surface area (Å²) in [5, 5.41) is 27.8. The lowest BCUT2D eigenvalue weighted by atomic mass is 9.98. The second-order valence-corrected chi connectivity index (χ2v) is 8.44. The zero-order valence-electron chi connectivity index (χ0n) is 19.7. The van der Waals surface area contributed by atoms with Crippen LogP contribution in [0.15, 0.2) is 53.3 Å². The lowest BCUT2D eigenvalue weighted by Crippen LogP contribution is -2.26. The Kier molecular flexibility index (Phi) is 7.81. The van der Waals surface area contributed by atoms with Gasteiger partial charge in [-0.1, -0.05) is 61.9 Å². The van der Waals surface area contributed by atoms with Crippen LogP contribution in [0.1, 0.15) is 50.4 Å². The topological polar surface area (TPSA) is 132 Å². The van der Waals surface area contributed by atoms with Gasteiger partial charge in [0.15, 0.2) is 0 Å². The summed E-state index contributed by atoms with van der Waals surface area (Å²) in [6, 6.07) is 16.0. The van der Waals surface area contributed by atoms with Gasteiger partial charge in [-0.25, -0.2) is 9.48 Å². The van der Waals surface area contributed by atoms with Crippen LogP contribution in [0.5, 0.6) is 0 Å². The van der Waals surface area contributed by atoms with E-state index in [1.165, 1.54) is 4.68 Å². The highest BCUT2D eigenvalue weighted by Gasteiger charge is 2.15. The van der Waals surface area contributed by atoms with Gasteiger partial charge in [-0.2, -0.15) is 10.3 Å². The van der Waals surface area contributed by atoms with E-state index in [1.54, 1.807) is 4.57 Å². The summed E-state index contributed by atoms with van der Waals surface area (Å²) in [5.74, 6) is 0.476. The number of nitrogens with one attached hydrogen (secondary N) is 1. The molecule has 0 amide bonds. The molecule has 2 N–H and O–H groups in total. The van der Waals surface area contributed by atoms with Crippen molar-refractivity contribution in [3.8, 4) is 22.5 Å². The van der Waals surface area contributed by atoms with Crippen molar-refractivity contribution in [1.82, 2.24) is 35.0 Å². The minimum absolute atomic E-state index is 0.0976. The molecule has 0 spiro atoms. The number of carboxylic acid groups (broad SMARTS) is 1. The van der Waals surface area contributed by atoms with Crippen molar-refractivity contribution in [1.29, 1.82) is 0 Å². The van der Waals surface area contributed by atoms with Gasteiger partial charge in [0.1, 0.15) is 5.82 Å². The van der Waals surface area contributed by atoms with Crippen LogP contribution in [0, 0.1) is 0 Å². The molecule has 2 aromatic heterocycles. The number of tetrazole rings is 1. The summed E-state index contributed by atoms with van der Waals surface area (Å²) in [6.07, 6.45) is 3.90. The fraction of sp³-hybridized carbons (Fsp3) is 0.360. The number of aromatic amines is 1. The van der Waals surface area contributed by atoms with Gasteiger partial charge in [0.25, 0.3) is 0 Å². The molecule has 10 nitrogen and oxygen atoms in total. The Morgan fingerprint density at radius 2 is 1.80 bits per heavy atom. The monoisotopic (exact) mass is 475 g/mol. The molecule has 0 aliphatic carbocycles. The number of carbonyl (C=O) groups is 1. The molecule has 2 aromatic carbocycles. The third-order valence-corrected chi connectivity index (χ3v) is 5.88. The van der Waals surface area contributed by atoms with E-state index in [2.05, 4.69) is 32.6 Å². The van der Waals surface area contributed by atoms with Crippen molar-refractivity contribution in [2.24, 2.45) is 0 Å². The Labute approximate surface area is 202 Å². The highest BCUT2D eigenvalue weighted by Crippen LogP contribution is 2.29. The lowest BCUT2D eigenvalue weighted by molar-refractivity contribution is -0.137. The molecule has 35 heavy (non-hydrogen) atoms. The van der Waals surface area contributed by atoms with Crippen molar-refractivity contribution >= 4 is 5.97 Å². The first kappa shape index (κ1) is 24.1. The maximum Gasteiger partial charge on any atom is 0.346 e. The molecule has 0 aliphatic heterocycles. The van der Waals surface area contributed by atoms with Crippen LogP contribution >= 0.6 is 0 Å². The highest BCUT2D eigenvalue weighted by molar-refractivity contribution is 5.80. The number of unbranched alkanes of at least 4 members (excludes halogenated alkanes) is 2. The van der Waals surface area contributed by atoms with Crippen LogP contribution in [-0.2, 0) is 24.3 Å². The van der Waals surface area contributed by atoms with Crippen molar-refractivity contribution in [2.75, 3.05) is 0 Å². The Morgan fingerprint density at radius 1 is 1.03 bits per heavy atom. The van der Waals surface area contributed by atoms with Gasteiger partial charge in [-0.15, -0.1) is 10.2 Å². The maximum absolute atomic E-state index is 13.1. The zero-order valence-corrected chi connectivity index (χ0v) is 19.7. The number of benzene rings is 2. The van der Waals surface area contributed by atoms with E-state index in [0.29, 0.717) is 31.8 Å². The Hall–Kier alpha value is -4.08. The zero-order chi connectivity index (χ0) is 24.6. The number of aromatic nitrogens is 7. The molecule has 2 heterocycles. The highest BCUT2D eigenvalue weighted by atomic mass is 16.4. The molecular formula is C25H29N7O3. The number of aliphatic carboxylic acids is 1. The number of H-pyrrole nitrogens is 1. The first-order valence-electron chi connectivity index (χ1n) is 11.9. The number of aryl methyl sites for hydroxylation is 2. The van der Waals surface area contributed by atoms with E-state index in [-0.39, 0.29) is 12.1 Å². The van der Waals surface area contributed by atoms with Gasteiger partial charge < -0.3 is 5.11 Å². The fourth-order valence-electron chi connectivity index (χ4n) is 4.03. The van der Waals surface area contributed by atoms with Crippen molar-refractivity contribution in [2.45, 2.75) is 58.5 Å². The SMILES string of the molecule is CCCCc1nn(CCCCC(=O)O)c(=O)n1Cc1ccc(-c2ccccc2-c2nn[nH]n2)cc1. The third kappa shape index (κ3) is 5.89. The molecule has 182 valence electrons. The molecule has 4 rings (SSSR count). The molecule has 10 heteroatoms. The smallest absolute Gasteiger partial charge is 0.346 e. The second kappa shape index (κ2) is 11.4. The van der Waals surface area contributed by atoms with Crippen LogP contribution in [-0.4, -0.2) is 46.0 Å². The van der Waals surface area contributed by atoms with Crippen LogP contribution in [0.25, 0.3) is 22.5 Å². The number of hydrogen-bond acceptors (Lipinski definition) is 6. The molecular weight excluding hydrogens is 446 g/mol. The third-order valence-electron chi connectivity index (χ3n) is 5.88. The quantitative estimate of drug-likeness (QED) is 0.300. The van der Waals surface area contributed by atoms with E-state index < -0.39 is 5.97 Å². The van der Waals surface area contributed by atoms with Gasteiger partial charge >= 0.3 is 11.7 Å². The van der Waals surface area contributed by atoms with E-state index in [0.717, 1.165) is 47.3 Å². The molecule has 4 aromatic rings. The van der Waals surface area contributed by atoms with E-state index >= 15 is 0 Å². The predicted octanol–water partition coefficient (Wildman–Crippen LogP) is 3.54. The Bertz CT molecular complexity index is 1310. The molecule has 0 saturated heterocycles. The Morgan fingerprint density at radius 3 is 2.49 bits per heavy atom. The summed E-state index contributed by atoms with van der Waals surface area (Å²) >= 11 is 0. The van der Waals surface area contributed by atoms with Gasteiger partial charge in [0.05, 0.1) is 6.54 Å². The van der Waals surface area contributed by atoms with Crippen LogP contribution in [0.3, 0.4) is 0 Å². The fourth-order valence-corrected chi connectivity index (χ4v) is 4.03. The van der Waals surface area contributed by atoms with E-state index in [1.807, 2.05) is 48.5 Å².